The normalized spacial score (nSPS) is 15.6. The van der Waals surface area contributed by atoms with Crippen LogP contribution in [0.15, 0.2) is 42.5 Å². The van der Waals surface area contributed by atoms with E-state index in [4.69, 9.17) is 23.2 Å². The van der Waals surface area contributed by atoms with Crippen LogP contribution < -0.4 is 5.32 Å². The van der Waals surface area contributed by atoms with E-state index < -0.39 is 0 Å². The molecule has 1 amide bonds. The summed E-state index contributed by atoms with van der Waals surface area (Å²) in [5.74, 6) is 1.06. The van der Waals surface area contributed by atoms with E-state index in [0.29, 0.717) is 21.9 Å². The van der Waals surface area contributed by atoms with Crippen LogP contribution in [-0.4, -0.2) is 36.5 Å². The SMILES string of the molecule is Cc1ccc(C(=O)NC(CN2CCC(Cc3ccc(Cl)c(Cl)c3)CC2)C(C)C)cc1.Cl.Cl. The molecule has 0 spiro atoms. The number of hydrogen-bond acceptors (Lipinski definition) is 2. The maximum Gasteiger partial charge on any atom is 0.251 e. The van der Waals surface area contributed by atoms with E-state index in [1.807, 2.05) is 43.3 Å². The molecule has 3 nitrogen and oxygen atoms in total. The van der Waals surface area contributed by atoms with Crippen LogP contribution in [0.1, 0.15) is 48.2 Å². The molecule has 2 aromatic rings. The van der Waals surface area contributed by atoms with Crippen LogP contribution in [0.4, 0.5) is 0 Å². The van der Waals surface area contributed by atoms with E-state index in [1.165, 1.54) is 5.56 Å². The largest absolute Gasteiger partial charge is 0.348 e. The van der Waals surface area contributed by atoms with Gasteiger partial charge in [0.15, 0.2) is 0 Å². The summed E-state index contributed by atoms with van der Waals surface area (Å²) in [6, 6.07) is 13.9. The minimum Gasteiger partial charge on any atom is -0.348 e. The van der Waals surface area contributed by atoms with Crippen LogP contribution in [0, 0.1) is 18.8 Å². The lowest BCUT2D eigenvalue weighted by molar-refractivity contribution is 0.0893. The lowest BCUT2D eigenvalue weighted by Crippen LogP contribution is -2.48. The Morgan fingerprint density at radius 1 is 1.03 bits per heavy atom. The molecule has 0 aliphatic carbocycles. The fourth-order valence-corrected chi connectivity index (χ4v) is 4.35. The summed E-state index contributed by atoms with van der Waals surface area (Å²) in [6.45, 7) is 9.41. The third-order valence-electron chi connectivity index (χ3n) is 6.11. The van der Waals surface area contributed by atoms with Gasteiger partial charge in [0, 0.05) is 18.2 Å². The number of carbonyl (C=O) groups is 1. The van der Waals surface area contributed by atoms with E-state index in [1.54, 1.807) is 0 Å². The Morgan fingerprint density at radius 2 is 1.66 bits per heavy atom. The van der Waals surface area contributed by atoms with Gasteiger partial charge in [-0.25, -0.2) is 0 Å². The molecule has 0 saturated carbocycles. The first-order chi connectivity index (χ1) is 14.3. The van der Waals surface area contributed by atoms with E-state index in [9.17, 15) is 4.79 Å². The smallest absolute Gasteiger partial charge is 0.251 e. The Kier molecular flexibility index (Phi) is 12.4. The van der Waals surface area contributed by atoms with Gasteiger partial charge >= 0.3 is 0 Å². The highest BCUT2D eigenvalue weighted by molar-refractivity contribution is 6.42. The lowest BCUT2D eigenvalue weighted by Gasteiger charge is -2.35. The van der Waals surface area contributed by atoms with Gasteiger partial charge in [0.2, 0.25) is 0 Å². The average molecular weight is 520 g/mol. The highest BCUT2D eigenvalue weighted by Gasteiger charge is 2.24. The van der Waals surface area contributed by atoms with E-state index >= 15 is 0 Å². The number of amides is 1. The molecule has 1 saturated heterocycles. The van der Waals surface area contributed by atoms with Crippen molar-refractivity contribution in [2.75, 3.05) is 19.6 Å². The lowest BCUT2D eigenvalue weighted by atomic mass is 9.89. The van der Waals surface area contributed by atoms with Crippen LogP contribution in [0.2, 0.25) is 10.0 Å². The van der Waals surface area contributed by atoms with Crippen molar-refractivity contribution >= 4 is 53.9 Å². The number of likely N-dealkylation sites (tertiary alicyclic amines) is 1. The summed E-state index contributed by atoms with van der Waals surface area (Å²) in [5, 5.41) is 4.50. The number of piperidine rings is 1. The van der Waals surface area contributed by atoms with Crippen LogP contribution in [0.25, 0.3) is 0 Å². The highest BCUT2D eigenvalue weighted by Crippen LogP contribution is 2.27. The Morgan fingerprint density at radius 3 is 2.22 bits per heavy atom. The van der Waals surface area contributed by atoms with Crippen molar-refractivity contribution in [3.63, 3.8) is 0 Å². The number of nitrogens with one attached hydrogen (secondary N) is 1. The molecule has 0 aromatic heterocycles. The van der Waals surface area contributed by atoms with Crippen molar-refractivity contribution < 1.29 is 4.79 Å². The molecule has 1 unspecified atom stereocenters. The Balaban J connectivity index is 0.00000256. The zero-order chi connectivity index (χ0) is 21.7. The second-order valence-corrected chi connectivity index (χ2v) is 9.70. The second-order valence-electron chi connectivity index (χ2n) is 8.89. The van der Waals surface area contributed by atoms with Crippen LogP contribution in [0.5, 0.6) is 0 Å². The molecular weight excluding hydrogens is 486 g/mol. The Hall–Kier alpha value is -0.970. The van der Waals surface area contributed by atoms with E-state index in [2.05, 4.69) is 30.1 Å². The predicted molar refractivity (Wildman–Crippen MR) is 141 cm³/mol. The molecule has 3 rings (SSSR count). The molecule has 0 bridgehead atoms. The number of hydrogen-bond donors (Lipinski definition) is 1. The van der Waals surface area contributed by atoms with Gasteiger partial charge in [0.05, 0.1) is 10.0 Å². The summed E-state index contributed by atoms with van der Waals surface area (Å²) in [7, 11) is 0. The molecule has 32 heavy (non-hydrogen) atoms. The highest BCUT2D eigenvalue weighted by atomic mass is 35.5. The first-order valence-corrected chi connectivity index (χ1v) is 11.6. The monoisotopic (exact) mass is 518 g/mol. The zero-order valence-corrected chi connectivity index (χ0v) is 22.1. The number of nitrogens with zero attached hydrogens (tertiary/aromatic N) is 1. The second kappa shape index (κ2) is 13.7. The molecule has 178 valence electrons. The molecule has 7 heteroatoms. The number of rotatable bonds is 7. The fourth-order valence-electron chi connectivity index (χ4n) is 4.03. The van der Waals surface area contributed by atoms with Crippen molar-refractivity contribution in [3.05, 3.63) is 69.2 Å². The zero-order valence-electron chi connectivity index (χ0n) is 18.9. The van der Waals surface area contributed by atoms with Gasteiger partial charge in [0.25, 0.3) is 5.91 Å². The molecule has 2 aromatic carbocycles. The molecule has 0 radical (unpaired) electrons. The molecule has 1 aliphatic rings. The quantitative estimate of drug-likeness (QED) is 0.433. The fraction of sp³-hybridized carbons (Fsp3) is 0.480. The van der Waals surface area contributed by atoms with Gasteiger partial charge in [-0.3, -0.25) is 4.79 Å². The summed E-state index contributed by atoms with van der Waals surface area (Å²) in [5.41, 5.74) is 3.15. The van der Waals surface area contributed by atoms with Gasteiger partial charge in [-0.2, -0.15) is 0 Å². The molecular formula is C25H34Cl4N2O. The molecule has 1 fully saturated rings. The Bertz CT molecular complexity index is 850. The minimum absolute atomic E-state index is 0. The topological polar surface area (TPSA) is 32.3 Å². The standard InChI is InChI=1S/C25H32Cl2N2O.2ClH/c1-17(2)24(28-25(30)21-7-4-18(3)5-8-21)16-29-12-10-19(11-13-29)14-20-6-9-22(26)23(27)15-20;;/h4-9,15,17,19,24H,10-14,16H2,1-3H3,(H,28,30);2*1H. The molecule has 1 aliphatic heterocycles. The predicted octanol–water partition coefficient (Wildman–Crippen LogP) is 6.85. The number of benzene rings is 2. The molecule has 1 heterocycles. The summed E-state index contributed by atoms with van der Waals surface area (Å²) >= 11 is 12.2. The first kappa shape index (κ1) is 29.1. The number of aryl methyl sites for hydroxylation is 1. The van der Waals surface area contributed by atoms with Crippen molar-refractivity contribution in [3.8, 4) is 0 Å². The van der Waals surface area contributed by atoms with Gasteiger partial charge in [-0.1, -0.05) is 60.8 Å². The maximum atomic E-state index is 12.7. The third kappa shape index (κ3) is 8.43. The molecule has 1 N–H and O–H groups in total. The van der Waals surface area contributed by atoms with Gasteiger partial charge in [-0.15, -0.1) is 24.8 Å². The molecule has 1 atom stereocenters. The summed E-state index contributed by atoms with van der Waals surface area (Å²) in [4.78, 5) is 15.2. The average Bonchev–Trinajstić information content (AvgIpc) is 2.72. The third-order valence-corrected chi connectivity index (χ3v) is 6.84. The van der Waals surface area contributed by atoms with Gasteiger partial charge in [0.1, 0.15) is 0 Å². The maximum absolute atomic E-state index is 12.7. The van der Waals surface area contributed by atoms with Crippen molar-refractivity contribution in [2.45, 2.75) is 46.1 Å². The number of halogens is 4. The summed E-state index contributed by atoms with van der Waals surface area (Å²) < 4.78 is 0. The van der Waals surface area contributed by atoms with Crippen molar-refractivity contribution in [1.82, 2.24) is 10.2 Å². The number of carbonyl (C=O) groups excluding carboxylic acids is 1. The Labute approximate surface area is 215 Å². The van der Waals surface area contributed by atoms with Crippen LogP contribution >= 0.6 is 48.0 Å². The van der Waals surface area contributed by atoms with Crippen LogP contribution in [-0.2, 0) is 6.42 Å². The van der Waals surface area contributed by atoms with Crippen LogP contribution in [0.3, 0.4) is 0 Å². The first-order valence-electron chi connectivity index (χ1n) is 10.9. The van der Waals surface area contributed by atoms with Crippen molar-refractivity contribution in [2.24, 2.45) is 11.8 Å². The minimum atomic E-state index is 0. The van der Waals surface area contributed by atoms with Gasteiger partial charge < -0.3 is 10.2 Å². The van der Waals surface area contributed by atoms with Gasteiger partial charge in [-0.05, 0) is 80.9 Å². The summed E-state index contributed by atoms with van der Waals surface area (Å²) in [6.07, 6.45) is 3.37. The van der Waals surface area contributed by atoms with E-state index in [0.717, 1.165) is 50.0 Å². The van der Waals surface area contributed by atoms with Crippen molar-refractivity contribution in [1.29, 1.82) is 0 Å². The van der Waals surface area contributed by atoms with E-state index in [-0.39, 0.29) is 36.8 Å².